The molecule has 0 aromatic heterocycles. The number of nitrogens with two attached hydrogens (primary N) is 1. The molecule has 0 saturated carbocycles. The molecule has 0 bridgehead atoms. The molecular formula is C12H18FN. The van der Waals surface area contributed by atoms with E-state index in [4.69, 9.17) is 5.73 Å². The maximum Gasteiger partial charge on any atom is 0.126 e. The Balaban J connectivity index is 3.20. The molecule has 2 N–H and O–H groups in total. The van der Waals surface area contributed by atoms with Gasteiger partial charge < -0.3 is 5.73 Å². The van der Waals surface area contributed by atoms with E-state index in [9.17, 15) is 4.39 Å². The molecule has 0 spiro atoms. The standard InChI is InChI=1S/C12H18FN/c1-8(2)10-7-9(12(3,4)14)5-6-11(10)13/h5-8H,14H2,1-4H3. The monoisotopic (exact) mass is 195 g/mol. The lowest BCUT2D eigenvalue weighted by atomic mass is 9.91. The van der Waals surface area contributed by atoms with Crippen LogP contribution in [0.3, 0.4) is 0 Å². The summed E-state index contributed by atoms with van der Waals surface area (Å²) in [7, 11) is 0. The van der Waals surface area contributed by atoms with E-state index in [-0.39, 0.29) is 11.7 Å². The summed E-state index contributed by atoms with van der Waals surface area (Å²) in [4.78, 5) is 0. The van der Waals surface area contributed by atoms with Crippen LogP contribution in [0.1, 0.15) is 44.7 Å². The van der Waals surface area contributed by atoms with Gasteiger partial charge in [0.05, 0.1) is 0 Å². The third-order valence-corrected chi connectivity index (χ3v) is 2.36. The average molecular weight is 195 g/mol. The molecule has 0 unspecified atom stereocenters. The molecule has 78 valence electrons. The Bertz CT molecular complexity index is 324. The van der Waals surface area contributed by atoms with E-state index in [1.54, 1.807) is 6.07 Å². The highest BCUT2D eigenvalue weighted by Crippen LogP contribution is 2.24. The predicted octanol–water partition coefficient (Wildman–Crippen LogP) is 3.14. The van der Waals surface area contributed by atoms with Crippen LogP contribution in [-0.4, -0.2) is 0 Å². The fourth-order valence-electron chi connectivity index (χ4n) is 1.39. The van der Waals surface area contributed by atoms with E-state index in [1.165, 1.54) is 6.07 Å². The highest BCUT2D eigenvalue weighted by atomic mass is 19.1. The van der Waals surface area contributed by atoms with E-state index >= 15 is 0 Å². The molecule has 0 aliphatic carbocycles. The van der Waals surface area contributed by atoms with Gasteiger partial charge in [-0.05, 0) is 37.0 Å². The maximum atomic E-state index is 13.4. The van der Waals surface area contributed by atoms with Crippen LogP contribution in [-0.2, 0) is 5.54 Å². The first-order valence-corrected chi connectivity index (χ1v) is 4.91. The summed E-state index contributed by atoms with van der Waals surface area (Å²) >= 11 is 0. The van der Waals surface area contributed by atoms with Crippen LogP contribution in [0.25, 0.3) is 0 Å². The van der Waals surface area contributed by atoms with Gasteiger partial charge in [0, 0.05) is 5.54 Å². The second-order valence-corrected chi connectivity index (χ2v) is 4.61. The number of hydrogen-bond donors (Lipinski definition) is 1. The quantitative estimate of drug-likeness (QED) is 0.770. The molecule has 0 fully saturated rings. The van der Waals surface area contributed by atoms with Gasteiger partial charge in [0.2, 0.25) is 0 Å². The Morgan fingerprint density at radius 3 is 2.29 bits per heavy atom. The highest BCUT2D eigenvalue weighted by molar-refractivity contribution is 5.31. The Kier molecular flexibility index (Phi) is 2.95. The van der Waals surface area contributed by atoms with Crippen LogP contribution in [0.4, 0.5) is 4.39 Å². The van der Waals surface area contributed by atoms with E-state index < -0.39 is 5.54 Å². The van der Waals surface area contributed by atoms with Gasteiger partial charge in [-0.3, -0.25) is 0 Å². The number of rotatable bonds is 2. The van der Waals surface area contributed by atoms with Gasteiger partial charge in [0.15, 0.2) is 0 Å². The summed E-state index contributed by atoms with van der Waals surface area (Å²) < 4.78 is 13.4. The molecular weight excluding hydrogens is 177 g/mol. The normalized spacial score (nSPS) is 12.2. The van der Waals surface area contributed by atoms with Crippen molar-refractivity contribution >= 4 is 0 Å². The van der Waals surface area contributed by atoms with Crippen LogP contribution >= 0.6 is 0 Å². The smallest absolute Gasteiger partial charge is 0.126 e. The molecule has 1 aromatic carbocycles. The van der Waals surface area contributed by atoms with Gasteiger partial charge in [-0.15, -0.1) is 0 Å². The van der Waals surface area contributed by atoms with Gasteiger partial charge in [0.25, 0.3) is 0 Å². The van der Waals surface area contributed by atoms with Crippen LogP contribution in [0.5, 0.6) is 0 Å². The Hall–Kier alpha value is -0.890. The van der Waals surface area contributed by atoms with Crippen LogP contribution in [0, 0.1) is 5.82 Å². The maximum absolute atomic E-state index is 13.4. The number of hydrogen-bond acceptors (Lipinski definition) is 1. The molecule has 1 rings (SSSR count). The first-order valence-electron chi connectivity index (χ1n) is 4.91. The highest BCUT2D eigenvalue weighted by Gasteiger charge is 2.16. The Labute approximate surface area is 85.1 Å². The molecule has 0 saturated heterocycles. The lowest BCUT2D eigenvalue weighted by Gasteiger charge is -2.21. The Morgan fingerprint density at radius 2 is 1.86 bits per heavy atom. The topological polar surface area (TPSA) is 26.0 Å². The molecule has 0 heterocycles. The van der Waals surface area contributed by atoms with Gasteiger partial charge in [0.1, 0.15) is 5.82 Å². The van der Waals surface area contributed by atoms with Gasteiger partial charge >= 0.3 is 0 Å². The summed E-state index contributed by atoms with van der Waals surface area (Å²) in [5.41, 5.74) is 7.26. The fraction of sp³-hybridized carbons (Fsp3) is 0.500. The van der Waals surface area contributed by atoms with Gasteiger partial charge in [-0.1, -0.05) is 26.0 Å². The summed E-state index contributed by atoms with van der Waals surface area (Å²) in [6.45, 7) is 7.80. The van der Waals surface area contributed by atoms with Crippen LogP contribution in [0.2, 0.25) is 0 Å². The van der Waals surface area contributed by atoms with Crippen LogP contribution < -0.4 is 5.73 Å². The predicted molar refractivity (Wildman–Crippen MR) is 57.7 cm³/mol. The van der Waals surface area contributed by atoms with Crippen molar-refractivity contribution < 1.29 is 4.39 Å². The van der Waals surface area contributed by atoms with Crippen molar-refractivity contribution in [1.82, 2.24) is 0 Å². The van der Waals surface area contributed by atoms with Crippen molar-refractivity contribution in [3.63, 3.8) is 0 Å². The van der Waals surface area contributed by atoms with Crippen molar-refractivity contribution in [2.75, 3.05) is 0 Å². The van der Waals surface area contributed by atoms with Crippen molar-refractivity contribution in [2.24, 2.45) is 5.73 Å². The SMILES string of the molecule is CC(C)c1cc(C(C)(C)N)ccc1F. The zero-order chi connectivity index (χ0) is 10.9. The van der Waals surface area contributed by atoms with Crippen molar-refractivity contribution in [3.8, 4) is 0 Å². The van der Waals surface area contributed by atoms with Crippen molar-refractivity contribution in [1.29, 1.82) is 0 Å². The minimum absolute atomic E-state index is 0.145. The van der Waals surface area contributed by atoms with E-state index in [2.05, 4.69) is 0 Å². The molecule has 2 heteroatoms. The molecule has 1 aromatic rings. The van der Waals surface area contributed by atoms with Gasteiger partial charge in [-0.2, -0.15) is 0 Å². The number of halogens is 1. The molecule has 0 amide bonds. The first-order chi connectivity index (χ1) is 6.32. The van der Waals surface area contributed by atoms with Crippen molar-refractivity contribution in [3.05, 3.63) is 35.1 Å². The van der Waals surface area contributed by atoms with E-state index in [0.717, 1.165) is 11.1 Å². The fourth-order valence-corrected chi connectivity index (χ4v) is 1.39. The minimum Gasteiger partial charge on any atom is -0.322 e. The zero-order valence-corrected chi connectivity index (χ0v) is 9.26. The summed E-state index contributed by atoms with van der Waals surface area (Å²) in [5.74, 6) is 0.0466. The lowest BCUT2D eigenvalue weighted by Crippen LogP contribution is -2.28. The molecule has 0 aliphatic rings. The van der Waals surface area contributed by atoms with Gasteiger partial charge in [-0.25, -0.2) is 4.39 Å². The summed E-state index contributed by atoms with van der Waals surface area (Å²) in [6, 6.07) is 5.11. The summed E-state index contributed by atoms with van der Waals surface area (Å²) in [5, 5.41) is 0. The second-order valence-electron chi connectivity index (χ2n) is 4.61. The largest absolute Gasteiger partial charge is 0.322 e. The van der Waals surface area contributed by atoms with E-state index in [1.807, 2.05) is 33.8 Å². The van der Waals surface area contributed by atoms with Crippen molar-refractivity contribution in [2.45, 2.75) is 39.2 Å². The lowest BCUT2D eigenvalue weighted by molar-refractivity contribution is 0.545. The number of benzene rings is 1. The molecule has 0 aliphatic heterocycles. The third kappa shape index (κ3) is 2.32. The molecule has 0 atom stereocenters. The van der Waals surface area contributed by atoms with E-state index in [0.29, 0.717) is 0 Å². The average Bonchev–Trinajstić information content (AvgIpc) is 2.02. The Morgan fingerprint density at radius 1 is 1.29 bits per heavy atom. The first kappa shape index (κ1) is 11.2. The third-order valence-electron chi connectivity index (χ3n) is 2.36. The molecule has 0 radical (unpaired) electrons. The van der Waals surface area contributed by atoms with Crippen LogP contribution in [0.15, 0.2) is 18.2 Å². The summed E-state index contributed by atoms with van der Waals surface area (Å²) in [6.07, 6.45) is 0. The second kappa shape index (κ2) is 3.70. The molecule has 1 nitrogen and oxygen atoms in total. The minimum atomic E-state index is -0.405. The molecule has 14 heavy (non-hydrogen) atoms. The zero-order valence-electron chi connectivity index (χ0n) is 9.26.